The molecule has 0 spiro atoms. The minimum absolute atomic E-state index is 0.0174. The number of aromatic nitrogens is 4. The maximum absolute atomic E-state index is 13.8. The first-order valence-corrected chi connectivity index (χ1v) is 8.34. The smallest absolute Gasteiger partial charge is 0.372 e. The van der Waals surface area contributed by atoms with Crippen LogP contribution in [0, 0.1) is 0 Å². The van der Waals surface area contributed by atoms with Crippen LogP contribution in [0.2, 0.25) is 0 Å². The SMILES string of the molecule is CNc1nc(N)nc2nc(-c3c(-n4cccc4)cccc3C(F)(F)F)ccc12. The van der Waals surface area contributed by atoms with Crippen molar-refractivity contribution < 1.29 is 13.2 Å². The van der Waals surface area contributed by atoms with Gasteiger partial charge in [-0.3, -0.25) is 0 Å². The van der Waals surface area contributed by atoms with Crippen LogP contribution in [0.5, 0.6) is 0 Å². The summed E-state index contributed by atoms with van der Waals surface area (Å²) in [5, 5.41) is 3.45. The van der Waals surface area contributed by atoms with E-state index in [9.17, 15) is 13.2 Å². The molecule has 3 heterocycles. The van der Waals surface area contributed by atoms with E-state index in [2.05, 4.69) is 20.3 Å². The van der Waals surface area contributed by atoms with Gasteiger partial charge in [-0.2, -0.15) is 23.1 Å². The number of nitrogens with zero attached hydrogens (tertiary/aromatic N) is 4. The van der Waals surface area contributed by atoms with E-state index in [1.54, 1.807) is 48.3 Å². The summed E-state index contributed by atoms with van der Waals surface area (Å²) in [6.45, 7) is 0. The van der Waals surface area contributed by atoms with Crippen LogP contribution < -0.4 is 11.1 Å². The first-order valence-electron chi connectivity index (χ1n) is 8.34. The fourth-order valence-electron chi connectivity index (χ4n) is 3.11. The van der Waals surface area contributed by atoms with E-state index in [0.717, 1.165) is 6.07 Å². The molecule has 28 heavy (non-hydrogen) atoms. The zero-order valence-corrected chi connectivity index (χ0v) is 14.7. The van der Waals surface area contributed by atoms with Crippen LogP contribution in [0.4, 0.5) is 24.9 Å². The highest BCUT2D eigenvalue weighted by atomic mass is 19.4. The Morgan fingerprint density at radius 2 is 1.71 bits per heavy atom. The standard InChI is InChI=1S/C19H15F3N6/c1-24-16-11-7-8-13(25-17(11)27-18(23)26-16)15-12(19(20,21)22)5-4-6-14(15)28-9-2-3-10-28/h2-10H,1H3,(H3,23,24,25,26,27). The summed E-state index contributed by atoms with van der Waals surface area (Å²) in [4.78, 5) is 12.5. The van der Waals surface area contributed by atoms with Crippen LogP contribution in [-0.4, -0.2) is 26.6 Å². The molecule has 0 unspecified atom stereocenters. The van der Waals surface area contributed by atoms with E-state index in [-0.39, 0.29) is 22.9 Å². The Kier molecular flexibility index (Phi) is 4.14. The molecule has 9 heteroatoms. The van der Waals surface area contributed by atoms with Crippen molar-refractivity contribution in [1.29, 1.82) is 0 Å². The lowest BCUT2D eigenvalue weighted by Gasteiger charge is -2.18. The molecule has 6 nitrogen and oxygen atoms in total. The molecule has 0 aliphatic rings. The van der Waals surface area contributed by atoms with Crippen molar-refractivity contribution >= 4 is 22.8 Å². The largest absolute Gasteiger partial charge is 0.417 e. The summed E-state index contributed by atoms with van der Waals surface area (Å²) >= 11 is 0. The number of nitrogens with one attached hydrogen (secondary N) is 1. The van der Waals surface area contributed by atoms with Crippen molar-refractivity contribution in [2.45, 2.75) is 6.18 Å². The number of hydrogen-bond donors (Lipinski definition) is 2. The summed E-state index contributed by atoms with van der Waals surface area (Å²) in [5.74, 6) is 0.438. The highest BCUT2D eigenvalue weighted by Crippen LogP contribution is 2.40. The average molecular weight is 384 g/mol. The van der Waals surface area contributed by atoms with E-state index in [1.807, 2.05) is 0 Å². The Hall–Kier alpha value is -3.62. The van der Waals surface area contributed by atoms with Crippen molar-refractivity contribution in [1.82, 2.24) is 19.5 Å². The number of hydrogen-bond acceptors (Lipinski definition) is 5. The molecule has 4 rings (SSSR count). The highest BCUT2D eigenvalue weighted by molar-refractivity contribution is 5.90. The minimum Gasteiger partial charge on any atom is -0.372 e. The lowest BCUT2D eigenvalue weighted by atomic mass is 10.0. The van der Waals surface area contributed by atoms with E-state index in [0.29, 0.717) is 16.9 Å². The number of benzene rings is 1. The summed E-state index contributed by atoms with van der Waals surface area (Å²) in [6.07, 6.45) is -1.19. The Balaban J connectivity index is 2.03. The number of halogens is 3. The van der Waals surface area contributed by atoms with Crippen molar-refractivity contribution in [3.8, 4) is 16.9 Å². The van der Waals surface area contributed by atoms with E-state index in [4.69, 9.17) is 5.73 Å². The molecule has 0 saturated carbocycles. The van der Waals surface area contributed by atoms with Gasteiger partial charge in [0.1, 0.15) is 5.82 Å². The average Bonchev–Trinajstić information content (AvgIpc) is 3.20. The molecular weight excluding hydrogens is 369 g/mol. The fourth-order valence-corrected chi connectivity index (χ4v) is 3.11. The van der Waals surface area contributed by atoms with Crippen LogP contribution in [0.3, 0.4) is 0 Å². The van der Waals surface area contributed by atoms with Gasteiger partial charge in [-0.05, 0) is 36.4 Å². The van der Waals surface area contributed by atoms with Gasteiger partial charge in [0, 0.05) is 25.0 Å². The minimum atomic E-state index is -4.55. The number of nitrogen functional groups attached to an aromatic ring is 1. The molecule has 0 bridgehead atoms. The maximum atomic E-state index is 13.8. The van der Waals surface area contributed by atoms with Crippen molar-refractivity contribution in [2.75, 3.05) is 18.1 Å². The summed E-state index contributed by atoms with van der Waals surface area (Å²) < 4.78 is 42.9. The van der Waals surface area contributed by atoms with Crippen LogP contribution in [0.1, 0.15) is 5.56 Å². The molecule has 0 atom stereocenters. The van der Waals surface area contributed by atoms with Gasteiger partial charge in [-0.15, -0.1) is 0 Å². The first kappa shape index (κ1) is 17.8. The monoisotopic (exact) mass is 384 g/mol. The highest BCUT2D eigenvalue weighted by Gasteiger charge is 2.35. The summed E-state index contributed by atoms with van der Waals surface area (Å²) in [6, 6.07) is 10.7. The van der Waals surface area contributed by atoms with Gasteiger partial charge in [0.05, 0.1) is 22.3 Å². The number of rotatable bonds is 3. The van der Waals surface area contributed by atoms with Crippen molar-refractivity contribution in [3.05, 3.63) is 60.4 Å². The second-order valence-electron chi connectivity index (χ2n) is 6.04. The van der Waals surface area contributed by atoms with Gasteiger partial charge in [-0.1, -0.05) is 6.07 Å². The Morgan fingerprint density at radius 3 is 2.39 bits per heavy atom. The fraction of sp³-hybridized carbons (Fsp3) is 0.105. The molecule has 0 fully saturated rings. The lowest BCUT2D eigenvalue weighted by molar-refractivity contribution is -0.137. The molecular formula is C19H15F3N6. The zero-order chi connectivity index (χ0) is 19.9. The second kappa shape index (κ2) is 6.52. The van der Waals surface area contributed by atoms with Crippen molar-refractivity contribution in [3.63, 3.8) is 0 Å². The maximum Gasteiger partial charge on any atom is 0.417 e. The summed E-state index contributed by atoms with van der Waals surface area (Å²) in [5.41, 5.74) is 5.62. The lowest BCUT2D eigenvalue weighted by Crippen LogP contribution is -2.10. The number of fused-ring (bicyclic) bond motifs is 1. The van der Waals surface area contributed by atoms with Gasteiger partial charge in [0.25, 0.3) is 0 Å². The summed E-state index contributed by atoms with van der Waals surface area (Å²) in [7, 11) is 1.66. The third-order valence-electron chi connectivity index (χ3n) is 4.30. The zero-order valence-electron chi connectivity index (χ0n) is 14.7. The van der Waals surface area contributed by atoms with E-state index >= 15 is 0 Å². The third-order valence-corrected chi connectivity index (χ3v) is 4.30. The van der Waals surface area contributed by atoms with Gasteiger partial charge in [0.15, 0.2) is 5.65 Å². The molecule has 0 aliphatic carbocycles. The van der Waals surface area contributed by atoms with Crippen LogP contribution in [0.15, 0.2) is 54.9 Å². The molecule has 0 aliphatic heterocycles. The predicted octanol–water partition coefficient (Wildman–Crippen LogP) is 4.13. The van der Waals surface area contributed by atoms with E-state index in [1.165, 1.54) is 12.1 Å². The van der Waals surface area contributed by atoms with E-state index < -0.39 is 11.7 Å². The molecule has 0 amide bonds. The number of anilines is 2. The Bertz CT molecular complexity index is 1150. The second-order valence-corrected chi connectivity index (χ2v) is 6.04. The predicted molar refractivity (Wildman–Crippen MR) is 101 cm³/mol. The molecule has 0 saturated heterocycles. The number of nitrogens with two attached hydrogens (primary N) is 1. The molecule has 0 radical (unpaired) electrons. The van der Waals surface area contributed by atoms with Gasteiger partial charge in [-0.25, -0.2) is 4.98 Å². The normalized spacial score (nSPS) is 11.7. The van der Waals surface area contributed by atoms with Gasteiger partial charge >= 0.3 is 6.18 Å². The Labute approximate surface area is 157 Å². The molecule has 1 aromatic carbocycles. The number of pyridine rings is 1. The third kappa shape index (κ3) is 3.00. The van der Waals surface area contributed by atoms with Crippen LogP contribution in [-0.2, 0) is 6.18 Å². The first-order chi connectivity index (χ1) is 13.4. The number of alkyl halides is 3. The quantitative estimate of drug-likeness (QED) is 0.555. The van der Waals surface area contributed by atoms with Crippen molar-refractivity contribution in [2.24, 2.45) is 0 Å². The molecule has 3 aromatic heterocycles. The molecule has 142 valence electrons. The van der Waals surface area contributed by atoms with Gasteiger partial charge < -0.3 is 15.6 Å². The molecule has 3 N–H and O–H groups in total. The van der Waals surface area contributed by atoms with Gasteiger partial charge in [0.2, 0.25) is 5.95 Å². The molecule has 4 aromatic rings. The van der Waals surface area contributed by atoms with Crippen LogP contribution >= 0.6 is 0 Å². The Morgan fingerprint density at radius 1 is 0.964 bits per heavy atom. The van der Waals surface area contributed by atoms with Crippen LogP contribution in [0.25, 0.3) is 28.0 Å². The topological polar surface area (TPSA) is 81.7 Å².